The molecule has 80 valence electrons. The van der Waals surface area contributed by atoms with Gasteiger partial charge in [-0.3, -0.25) is 4.99 Å². The van der Waals surface area contributed by atoms with E-state index in [1.807, 2.05) is 0 Å². The molecule has 0 bridgehead atoms. The molecule has 2 aliphatic rings. The Morgan fingerprint density at radius 1 is 1.07 bits per heavy atom. The van der Waals surface area contributed by atoms with E-state index in [-0.39, 0.29) is 12.4 Å². The van der Waals surface area contributed by atoms with E-state index in [4.69, 9.17) is 0 Å². The summed E-state index contributed by atoms with van der Waals surface area (Å²) >= 11 is 0. The molecule has 1 aliphatic carbocycles. The van der Waals surface area contributed by atoms with Gasteiger partial charge < -0.3 is 0 Å². The van der Waals surface area contributed by atoms with Crippen molar-refractivity contribution in [1.29, 1.82) is 0 Å². The zero-order chi connectivity index (χ0) is 9.38. The molecule has 2 heteroatoms. The number of nitrogens with zero attached hydrogens (tertiary/aromatic N) is 1. The third-order valence-corrected chi connectivity index (χ3v) is 3.53. The summed E-state index contributed by atoms with van der Waals surface area (Å²) in [6.07, 6.45) is 7.43. The molecule has 0 radical (unpaired) electrons. The SMILES string of the molecule is C1=NC2CCCCC2c2ccccc21.Cl. The van der Waals surface area contributed by atoms with Crippen LogP contribution in [0, 0.1) is 0 Å². The van der Waals surface area contributed by atoms with Crippen LogP contribution in [0.4, 0.5) is 0 Å². The van der Waals surface area contributed by atoms with E-state index < -0.39 is 0 Å². The second-order valence-corrected chi connectivity index (χ2v) is 4.37. The molecular formula is C13H16ClN. The summed E-state index contributed by atoms with van der Waals surface area (Å²) in [5.74, 6) is 0.713. The van der Waals surface area contributed by atoms with Crippen molar-refractivity contribution in [3.05, 3.63) is 35.4 Å². The minimum atomic E-state index is 0. The molecule has 0 N–H and O–H groups in total. The zero-order valence-electron chi connectivity index (χ0n) is 8.73. The number of hydrogen-bond acceptors (Lipinski definition) is 1. The predicted molar refractivity (Wildman–Crippen MR) is 66.3 cm³/mol. The van der Waals surface area contributed by atoms with Crippen LogP contribution in [0.25, 0.3) is 0 Å². The lowest BCUT2D eigenvalue weighted by molar-refractivity contribution is 0.384. The Hall–Kier alpha value is -0.820. The fraction of sp³-hybridized carbons (Fsp3) is 0.462. The Kier molecular flexibility index (Phi) is 3.11. The number of hydrogen-bond donors (Lipinski definition) is 0. The molecule has 0 aromatic heterocycles. The number of aliphatic imine (C=N–C) groups is 1. The summed E-state index contributed by atoms with van der Waals surface area (Å²) in [7, 11) is 0. The second-order valence-electron chi connectivity index (χ2n) is 4.37. The molecule has 2 atom stereocenters. The predicted octanol–water partition coefficient (Wildman–Crippen LogP) is 3.57. The third kappa shape index (κ3) is 1.81. The van der Waals surface area contributed by atoms with Gasteiger partial charge in [-0.05, 0) is 24.0 Å². The van der Waals surface area contributed by atoms with Gasteiger partial charge in [0.15, 0.2) is 0 Å². The third-order valence-electron chi connectivity index (χ3n) is 3.53. The minimum absolute atomic E-state index is 0. The summed E-state index contributed by atoms with van der Waals surface area (Å²) in [6.45, 7) is 0. The van der Waals surface area contributed by atoms with Crippen molar-refractivity contribution >= 4 is 18.6 Å². The molecule has 0 saturated heterocycles. The molecule has 1 nitrogen and oxygen atoms in total. The van der Waals surface area contributed by atoms with Crippen LogP contribution < -0.4 is 0 Å². The van der Waals surface area contributed by atoms with Crippen molar-refractivity contribution in [3.63, 3.8) is 0 Å². The first-order valence-corrected chi connectivity index (χ1v) is 5.57. The van der Waals surface area contributed by atoms with Crippen LogP contribution in [0.3, 0.4) is 0 Å². The maximum Gasteiger partial charge on any atom is 0.0568 e. The topological polar surface area (TPSA) is 12.4 Å². The van der Waals surface area contributed by atoms with Crippen LogP contribution in [0.2, 0.25) is 0 Å². The van der Waals surface area contributed by atoms with Gasteiger partial charge in [0, 0.05) is 12.1 Å². The molecular weight excluding hydrogens is 206 g/mol. The molecule has 15 heavy (non-hydrogen) atoms. The first kappa shape index (κ1) is 10.7. The van der Waals surface area contributed by atoms with Crippen molar-refractivity contribution in [2.24, 2.45) is 4.99 Å². The van der Waals surface area contributed by atoms with Crippen LogP contribution in [0.1, 0.15) is 42.7 Å². The maximum absolute atomic E-state index is 4.67. The monoisotopic (exact) mass is 221 g/mol. The molecule has 1 fully saturated rings. The smallest absolute Gasteiger partial charge is 0.0568 e. The lowest BCUT2D eigenvalue weighted by Gasteiger charge is -2.32. The summed E-state index contributed by atoms with van der Waals surface area (Å²) in [5, 5.41) is 0. The van der Waals surface area contributed by atoms with Crippen LogP contribution >= 0.6 is 12.4 Å². The first-order chi connectivity index (χ1) is 6.95. The van der Waals surface area contributed by atoms with E-state index in [0.717, 1.165) is 0 Å². The number of halogens is 1. The van der Waals surface area contributed by atoms with Crippen LogP contribution in [-0.4, -0.2) is 12.3 Å². The Labute approximate surface area is 97.0 Å². The van der Waals surface area contributed by atoms with Gasteiger partial charge >= 0.3 is 0 Å². The van der Waals surface area contributed by atoms with Crippen molar-refractivity contribution in [2.45, 2.75) is 37.6 Å². The van der Waals surface area contributed by atoms with Crippen molar-refractivity contribution < 1.29 is 0 Å². The second kappa shape index (κ2) is 4.36. The fourth-order valence-electron chi connectivity index (χ4n) is 2.79. The fourth-order valence-corrected chi connectivity index (χ4v) is 2.79. The Bertz CT molecular complexity index is 373. The summed E-state index contributed by atoms with van der Waals surface area (Å²) in [5.41, 5.74) is 2.88. The minimum Gasteiger partial charge on any atom is -0.289 e. The van der Waals surface area contributed by atoms with Crippen molar-refractivity contribution in [2.75, 3.05) is 0 Å². The summed E-state index contributed by atoms with van der Waals surface area (Å²) in [6, 6.07) is 9.31. The molecule has 3 rings (SSSR count). The molecule has 1 aromatic carbocycles. The number of benzene rings is 1. The molecule has 0 spiro atoms. The van der Waals surface area contributed by atoms with Gasteiger partial charge in [0.2, 0.25) is 0 Å². The van der Waals surface area contributed by atoms with E-state index in [1.54, 1.807) is 0 Å². The van der Waals surface area contributed by atoms with Gasteiger partial charge in [-0.25, -0.2) is 0 Å². The van der Waals surface area contributed by atoms with E-state index in [9.17, 15) is 0 Å². The normalized spacial score (nSPS) is 27.5. The van der Waals surface area contributed by atoms with Gasteiger partial charge in [0.25, 0.3) is 0 Å². The lowest BCUT2D eigenvalue weighted by Crippen LogP contribution is -2.25. The highest BCUT2D eigenvalue weighted by Gasteiger charge is 2.29. The quantitative estimate of drug-likeness (QED) is 0.635. The van der Waals surface area contributed by atoms with E-state index in [1.165, 1.54) is 36.8 Å². The van der Waals surface area contributed by atoms with Crippen LogP contribution in [0.5, 0.6) is 0 Å². The molecule has 0 amide bonds. The highest BCUT2D eigenvalue weighted by molar-refractivity contribution is 5.85. The van der Waals surface area contributed by atoms with Gasteiger partial charge in [0.1, 0.15) is 0 Å². The molecule has 2 unspecified atom stereocenters. The van der Waals surface area contributed by atoms with E-state index in [0.29, 0.717) is 12.0 Å². The van der Waals surface area contributed by atoms with Gasteiger partial charge in [0.05, 0.1) is 6.04 Å². The van der Waals surface area contributed by atoms with Gasteiger partial charge in [-0.1, -0.05) is 37.1 Å². The average molecular weight is 222 g/mol. The Morgan fingerprint density at radius 3 is 2.80 bits per heavy atom. The molecule has 1 saturated carbocycles. The Morgan fingerprint density at radius 2 is 1.87 bits per heavy atom. The largest absolute Gasteiger partial charge is 0.289 e. The van der Waals surface area contributed by atoms with E-state index >= 15 is 0 Å². The molecule has 1 aliphatic heterocycles. The zero-order valence-corrected chi connectivity index (χ0v) is 9.54. The molecule has 1 heterocycles. The van der Waals surface area contributed by atoms with Crippen LogP contribution in [0.15, 0.2) is 29.3 Å². The summed E-state index contributed by atoms with van der Waals surface area (Å²) in [4.78, 5) is 4.67. The van der Waals surface area contributed by atoms with E-state index in [2.05, 4.69) is 35.5 Å². The average Bonchev–Trinajstić information content (AvgIpc) is 2.29. The maximum atomic E-state index is 4.67. The van der Waals surface area contributed by atoms with Gasteiger partial charge in [-0.2, -0.15) is 0 Å². The van der Waals surface area contributed by atoms with Crippen LogP contribution in [-0.2, 0) is 0 Å². The van der Waals surface area contributed by atoms with Crippen molar-refractivity contribution in [3.8, 4) is 0 Å². The summed E-state index contributed by atoms with van der Waals surface area (Å²) < 4.78 is 0. The number of fused-ring (bicyclic) bond motifs is 3. The van der Waals surface area contributed by atoms with Crippen molar-refractivity contribution in [1.82, 2.24) is 0 Å². The Balaban J connectivity index is 0.000000853. The molecule has 1 aromatic rings. The highest BCUT2D eigenvalue weighted by atomic mass is 35.5. The number of rotatable bonds is 0. The lowest BCUT2D eigenvalue weighted by atomic mass is 9.77. The first-order valence-electron chi connectivity index (χ1n) is 5.57. The van der Waals surface area contributed by atoms with Gasteiger partial charge in [-0.15, -0.1) is 12.4 Å². The standard InChI is InChI=1S/C13H15N.ClH/c1-2-6-11-10(5-1)9-14-13-8-4-3-7-12(11)13;/h1-2,5-6,9,12-13H,3-4,7-8H2;1H. The highest BCUT2D eigenvalue weighted by Crippen LogP contribution is 2.38.